The summed E-state index contributed by atoms with van der Waals surface area (Å²) in [6.07, 6.45) is 2.27. The lowest BCUT2D eigenvalue weighted by atomic mass is 9.97. The summed E-state index contributed by atoms with van der Waals surface area (Å²) in [6.45, 7) is 5.90. The first-order valence-electron chi connectivity index (χ1n) is 9.32. The number of amides is 1. The molecular weight excluding hydrogens is 357 g/mol. The van der Waals surface area contributed by atoms with Crippen molar-refractivity contribution in [3.8, 4) is 16.8 Å². The summed E-state index contributed by atoms with van der Waals surface area (Å²) in [5.74, 6) is 0.673. The van der Waals surface area contributed by atoms with Gasteiger partial charge in [-0.3, -0.25) is 4.79 Å². The van der Waals surface area contributed by atoms with Gasteiger partial charge < -0.3 is 5.32 Å². The summed E-state index contributed by atoms with van der Waals surface area (Å²) in [5.41, 5.74) is 2.54. The second kappa shape index (κ2) is 6.82. The van der Waals surface area contributed by atoms with E-state index in [2.05, 4.69) is 34.7 Å². The summed E-state index contributed by atoms with van der Waals surface area (Å²) in [7, 11) is 0. The third kappa shape index (κ3) is 3.65. The highest BCUT2D eigenvalue weighted by atomic mass is 19.1. The molecule has 1 aliphatic carbocycles. The van der Waals surface area contributed by atoms with Crippen molar-refractivity contribution in [2.75, 3.05) is 0 Å². The predicted octanol–water partition coefficient (Wildman–Crippen LogP) is 3.70. The third-order valence-electron chi connectivity index (χ3n) is 5.26. The minimum absolute atomic E-state index is 0.146. The molecular formula is C21H22FN5O. The molecule has 1 aliphatic rings. The van der Waals surface area contributed by atoms with Crippen LogP contribution in [0.3, 0.4) is 0 Å². The van der Waals surface area contributed by atoms with Crippen molar-refractivity contribution >= 4 is 5.91 Å². The van der Waals surface area contributed by atoms with Gasteiger partial charge in [-0.2, -0.15) is 4.68 Å². The Morgan fingerprint density at radius 1 is 1.14 bits per heavy atom. The monoisotopic (exact) mass is 379 g/mol. The number of hydrogen-bond acceptors (Lipinski definition) is 4. The molecule has 1 N–H and O–H groups in total. The summed E-state index contributed by atoms with van der Waals surface area (Å²) in [5, 5.41) is 14.8. The molecule has 144 valence electrons. The molecule has 0 unspecified atom stereocenters. The second-order valence-corrected chi connectivity index (χ2v) is 7.86. The van der Waals surface area contributed by atoms with E-state index in [9.17, 15) is 9.18 Å². The summed E-state index contributed by atoms with van der Waals surface area (Å²) in [4.78, 5) is 13.0. The van der Waals surface area contributed by atoms with Crippen LogP contribution in [-0.4, -0.2) is 31.7 Å². The number of aromatic nitrogens is 4. The van der Waals surface area contributed by atoms with Crippen LogP contribution in [0.25, 0.3) is 16.8 Å². The second-order valence-electron chi connectivity index (χ2n) is 7.86. The van der Waals surface area contributed by atoms with Crippen molar-refractivity contribution in [3.63, 3.8) is 0 Å². The van der Waals surface area contributed by atoms with E-state index < -0.39 is 0 Å². The molecule has 0 atom stereocenters. The standard InChI is InChI=1S/C21H22FN5O/c1-13-24-25-26-27(13)19-11-15(14-4-8-18(22)9-5-14)10-16(12-19)20(28)23-21(2,3)17-6-7-17/h4-5,8-12,17H,6-7H2,1-3H3,(H,23,28). The molecule has 0 saturated heterocycles. The number of nitrogens with zero attached hydrogens (tertiary/aromatic N) is 4. The number of aryl methyl sites for hydroxylation is 1. The summed E-state index contributed by atoms with van der Waals surface area (Å²) < 4.78 is 14.9. The van der Waals surface area contributed by atoms with Gasteiger partial charge in [0.2, 0.25) is 0 Å². The molecule has 1 saturated carbocycles. The van der Waals surface area contributed by atoms with E-state index in [1.165, 1.54) is 12.1 Å². The first-order valence-corrected chi connectivity index (χ1v) is 9.32. The van der Waals surface area contributed by atoms with Gasteiger partial charge in [0.25, 0.3) is 5.91 Å². The number of rotatable bonds is 5. The van der Waals surface area contributed by atoms with Crippen molar-refractivity contribution in [1.29, 1.82) is 0 Å². The van der Waals surface area contributed by atoms with Gasteiger partial charge in [-0.1, -0.05) is 12.1 Å². The van der Waals surface area contributed by atoms with Gasteiger partial charge >= 0.3 is 0 Å². The Kier molecular flexibility index (Phi) is 4.45. The zero-order valence-corrected chi connectivity index (χ0v) is 16.1. The van der Waals surface area contributed by atoms with E-state index in [-0.39, 0.29) is 17.3 Å². The number of carbonyl (C=O) groups is 1. The van der Waals surface area contributed by atoms with E-state index in [0.717, 1.165) is 24.0 Å². The average molecular weight is 379 g/mol. The van der Waals surface area contributed by atoms with Crippen LogP contribution in [0.4, 0.5) is 4.39 Å². The van der Waals surface area contributed by atoms with Crippen molar-refractivity contribution in [3.05, 3.63) is 59.7 Å². The SMILES string of the molecule is Cc1nnnn1-c1cc(C(=O)NC(C)(C)C2CC2)cc(-c2ccc(F)cc2)c1. The van der Waals surface area contributed by atoms with Gasteiger partial charge in [0.1, 0.15) is 5.82 Å². The Morgan fingerprint density at radius 2 is 1.86 bits per heavy atom. The Hall–Kier alpha value is -3.09. The maximum Gasteiger partial charge on any atom is 0.251 e. The predicted molar refractivity (Wildman–Crippen MR) is 104 cm³/mol. The summed E-state index contributed by atoms with van der Waals surface area (Å²) in [6, 6.07) is 11.7. The van der Waals surface area contributed by atoms with Crippen molar-refractivity contribution in [2.24, 2.45) is 5.92 Å². The van der Waals surface area contributed by atoms with Crippen LogP contribution in [0.5, 0.6) is 0 Å². The maximum atomic E-state index is 13.3. The van der Waals surface area contributed by atoms with Gasteiger partial charge in [-0.25, -0.2) is 4.39 Å². The van der Waals surface area contributed by atoms with Gasteiger partial charge in [0.05, 0.1) is 5.69 Å². The molecule has 0 bridgehead atoms. The number of tetrazole rings is 1. The Balaban J connectivity index is 1.76. The van der Waals surface area contributed by atoms with Crippen LogP contribution in [0.2, 0.25) is 0 Å². The lowest BCUT2D eigenvalue weighted by Gasteiger charge is -2.26. The zero-order chi connectivity index (χ0) is 19.9. The molecule has 3 aromatic rings. The van der Waals surface area contributed by atoms with E-state index in [4.69, 9.17) is 0 Å². The molecule has 6 nitrogen and oxygen atoms in total. The van der Waals surface area contributed by atoms with E-state index in [1.807, 2.05) is 12.1 Å². The van der Waals surface area contributed by atoms with Crippen LogP contribution >= 0.6 is 0 Å². The van der Waals surface area contributed by atoms with Gasteiger partial charge in [-0.15, -0.1) is 5.10 Å². The van der Waals surface area contributed by atoms with Crippen molar-refractivity contribution in [1.82, 2.24) is 25.5 Å². The number of carbonyl (C=O) groups excluding carboxylic acids is 1. The largest absolute Gasteiger partial charge is 0.347 e. The minimum atomic E-state index is -0.305. The molecule has 0 spiro atoms. The molecule has 1 aromatic heterocycles. The molecule has 1 fully saturated rings. The molecule has 0 aliphatic heterocycles. The lowest BCUT2D eigenvalue weighted by Crippen LogP contribution is -2.45. The van der Waals surface area contributed by atoms with Crippen LogP contribution in [0.1, 0.15) is 42.9 Å². The molecule has 7 heteroatoms. The molecule has 28 heavy (non-hydrogen) atoms. The average Bonchev–Trinajstić information content (AvgIpc) is 3.44. The lowest BCUT2D eigenvalue weighted by molar-refractivity contribution is 0.0903. The fourth-order valence-electron chi connectivity index (χ4n) is 3.42. The minimum Gasteiger partial charge on any atom is -0.347 e. The van der Waals surface area contributed by atoms with Gasteiger partial charge in [-0.05, 0) is 91.4 Å². The van der Waals surface area contributed by atoms with Crippen LogP contribution in [0, 0.1) is 18.7 Å². The molecule has 0 radical (unpaired) electrons. The smallest absolute Gasteiger partial charge is 0.251 e. The highest BCUT2D eigenvalue weighted by Crippen LogP contribution is 2.39. The van der Waals surface area contributed by atoms with E-state index in [1.54, 1.807) is 29.8 Å². The number of nitrogens with one attached hydrogen (secondary N) is 1. The number of halogens is 1. The number of hydrogen-bond donors (Lipinski definition) is 1. The van der Waals surface area contributed by atoms with E-state index >= 15 is 0 Å². The number of benzene rings is 2. The molecule has 2 aromatic carbocycles. The van der Waals surface area contributed by atoms with Crippen molar-refractivity contribution in [2.45, 2.75) is 39.2 Å². The highest BCUT2D eigenvalue weighted by molar-refractivity contribution is 5.96. The van der Waals surface area contributed by atoms with Crippen LogP contribution in [-0.2, 0) is 0 Å². The molecule has 4 rings (SSSR count). The first kappa shape index (κ1) is 18.3. The Bertz CT molecular complexity index is 1020. The van der Waals surface area contributed by atoms with Gasteiger partial charge in [0, 0.05) is 11.1 Å². The fraction of sp³-hybridized carbons (Fsp3) is 0.333. The maximum absolute atomic E-state index is 13.3. The summed E-state index contributed by atoms with van der Waals surface area (Å²) >= 11 is 0. The first-order chi connectivity index (χ1) is 13.3. The Labute approximate surface area is 162 Å². The van der Waals surface area contributed by atoms with Crippen molar-refractivity contribution < 1.29 is 9.18 Å². The topological polar surface area (TPSA) is 72.7 Å². The highest BCUT2D eigenvalue weighted by Gasteiger charge is 2.38. The normalized spacial score (nSPS) is 14.1. The van der Waals surface area contributed by atoms with Gasteiger partial charge in [0.15, 0.2) is 5.82 Å². The van der Waals surface area contributed by atoms with E-state index in [0.29, 0.717) is 23.0 Å². The fourth-order valence-corrected chi connectivity index (χ4v) is 3.42. The van der Waals surface area contributed by atoms with Crippen LogP contribution in [0.15, 0.2) is 42.5 Å². The Morgan fingerprint density at radius 3 is 2.46 bits per heavy atom. The van der Waals surface area contributed by atoms with Crippen LogP contribution < -0.4 is 5.32 Å². The third-order valence-corrected chi connectivity index (χ3v) is 5.26. The zero-order valence-electron chi connectivity index (χ0n) is 16.1. The molecule has 1 amide bonds. The quantitative estimate of drug-likeness (QED) is 0.734. The molecule has 1 heterocycles.